The third kappa shape index (κ3) is 5.62. The molecule has 1 aliphatic rings. The first kappa shape index (κ1) is 25.1. The van der Waals surface area contributed by atoms with E-state index in [2.05, 4.69) is 10.1 Å². The molecule has 1 saturated heterocycles. The molecule has 3 aromatic rings. The van der Waals surface area contributed by atoms with E-state index >= 15 is 0 Å². The SMILES string of the molecule is NC(=O)c1c(-c2ccc(Oc3ccc(Cl)cn3)cc2)nn(C2CCCN(C(=O)/C=C/C(F)F)C2)c1N. The standard InChI is InChI=1S/C24H23ClF2N6O3/c25-15-5-9-19(30-12-15)36-17-6-3-14(4-7-17)22-21(24(29)35)23(28)33(31-22)16-2-1-11-32(13-16)20(34)10-8-18(26)27/h3-10,12,16,18H,1-2,11,13,28H2,(H2,29,35)/b10-8+. The summed E-state index contributed by atoms with van der Waals surface area (Å²) < 4.78 is 32.1. The third-order valence-electron chi connectivity index (χ3n) is 5.68. The molecule has 0 radical (unpaired) electrons. The van der Waals surface area contributed by atoms with Crippen molar-refractivity contribution in [3.8, 4) is 22.9 Å². The molecular weight excluding hydrogens is 494 g/mol. The first-order chi connectivity index (χ1) is 17.2. The Morgan fingerprint density at radius 1 is 1.19 bits per heavy atom. The summed E-state index contributed by atoms with van der Waals surface area (Å²) in [6.45, 7) is 0.625. The second-order valence-corrected chi connectivity index (χ2v) is 8.57. The Balaban J connectivity index is 1.58. The molecule has 9 nitrogen and oxygen atoms in total. The highest BCUT2D eigenvalue weighted by molar-refractivity contribution is 6.30. The highest BCUT2D eigenvalue weighted by atomic mass is 35.5. The van der Waals surface area contributed by atoms with Crippen molar-refractivity contribution < 1.29 is 23.1 Å². The number of primary amides is 1. The van der Waals surface area contributed by atoms with Crippen LogP contribution in [0.1, 0.15) is 29.2 Å². The predicted molar refractivity (Wildman–Crippen MR) is 130 cm³/mol. The zero-order chi connectivity index (χ0) is 25.8. The van der Waals surface area contributed by atoms with E-state index in [1.165, 1.54) is 15.8 Å². The lowest BCUT2D eigenvalue weighted by molar-refractivity contribution is -0.127. The van der Waals surface area contributed by atoms with E-state index in [1.807, 2.05) is 0 Å². The summed E-state index contributed by atoms with van der Waals surface area (Å²) >= 11 is 5.84. The number of hydrogen-bond donors (Lipinski definition) is 2. The molecular formula is C24H23ClF2N6O3. The summed E-state index contributed by atoms with van der Waals surface area (Å²) in [5, 5.41) is 5.05. The number of anilines is 1. The van der Waals surface area contributed by atoms with Gasteiger partial charge in [0.15, 0.2) is 0 Å². The number of hydrogen-bond acceptors (Lipinski definition) is 6. The third-order valence-corrected chi connectivity index (χ3v) is 5.91. The summed E-state index contributed by atoms with van der Waals surface area (Å²) in [6.07, 6.45) is 1.42. The van der Waals surface area contributed by atoms with Crippen molar-refractivity contribution >= 4 is 29.2 Å². The summed E-state index contributed by atoms with van der Waals surface area (Å²) in [7, 11) is 0. The molecule has 0 aliphatic carbocycles. The number of rotatable bonds is 7. The minimum Gasteiger partial charge on any atom is -0.439 e. The number of amides is 2. The number of nitrogens with two attached hydrogens (primary N) is 2. The Bertz CT molecular complexity index is 1280. The van der Waals surface area contributed by atoms with Gasteiger partial charge in [-0.25, -0.2) is 18.4 Å². The maximum Gasteiger partial charge on any atom is 0.257 e. The van der Waals surface area contributed by atoms with Crippen LogP contribution in [0.4, 0.5) is 14.6 Å². The quantitative estimate of drug-likeness (QED) is 0.456. The Morgan fingerprint density at radius 3 is 2.58 bits per heavy atom. The van der Waals surface area contributed by atoms with Crippen molar-refractivity contribution in [3.63, 3.8) is 0 Å². The van der Waals surface area contributed by atoms with E-state index in [9.17, 15) is 18.4 Å². The van der Waals surface area contributed by atoms with E-state index in [-0.39, 0.29) is 29.7 Å². The van der Waals surface area contributed by atoms with Crippen LogP contribution < -0.4 is 16.2 Å². The number of nitrogens with zero attached hydrogens (tertiary/aromatic N) is 4. The van der Waals surface area contributed by atoms with Gasteiger partial charge in [0.2, 0.25) is 11.8 Å². The maximum atomic E-state index is 12.4. The molecule has 4 rings (SSSR count). The van der Waals surface area contributed by atoms with E-state index in [0.717, 1.165) is 6.08 Å². The first-order valence-electron chi connectivity index (χ1n) is 11.1. The van der Waals surface area contributed by atoms with Gasteiger partial charge in [-0.1, -0.05) is 11.6 Å². The van der Waals surface area contributed by atoms with Crippen LogP contribution in [0.25, 0.3) is 11.3 Å². The number of aromatic nitrogens is 3. The molecule has 0 bridgehead atoms. The van der Waals surface area contributed by atoms with Gasteiger partial charge in [-0.05, 0) is 49.2 Å². The molecule has 0 spiro atoms. The number of likely N-dealkylation sites (tertiary alicyclic amines) is 1. The number of carbonyl (C=O) groups excluding carboxylic acids is 2. The lowest BCUT2D eigenvalue weighted by atomic mass is 10.1. The predicted octanol–water partition coefficient (Wildman–Crippen LogP) is 4.06. The highest BCUT2D eigenvalue weighted by Crippen LogP contribution is 2.33. The zero-order valence-electron chi connectivity index (χ0n) is 19.0. The molecule has 12 heteroatoms. The Morgan fingerprint density at radius 2 is 1.94 bits per heavy atom. The topological polar surface area (TPSA) is 129 Å². The fraction of sp³-hybridized carbons (Fsp3) is 0.250. The number of nitrogen functional groups attached to an aromatic ring is 1. The van der Waals surface area contributed by atoms with Crippen LogP contribution in [-0.4, -0.2) is 51.0 Å². The molecule has 1 aromatic carbocycles. The number of ether oxygens (including phenoxy) is 1. The summed E-state index contributed by atoms with van der Waals surface area (Å²) in [6, 6.07) is 9.70. The number of halogens is 3. The van der Waals surface area contributed by atoms with Crippen LogP contribution in [0.3, 0.4) is 0 Å². The number of carbonyl (C=O) groups is 2. The van der Waals surface area contributed by atoms with E-state index in [0.29, 0.717) is 47.7 Å². The second kappa shape index (κ2) is 10.7. The molecule has 2 amide bonds. The fourth-order valence-corrected chi connectivity index (χ4v) is 4.12. The van der Waals surface area contributed by atoms with Crippen LogP contribution in [0.2, 0.25) is 5.02 Å². The Labute approximate surface area is 210 Å². The van der Waals surface area contributed by atoms with E-state index in [4.69, 9.17) is 27.8 Å². The monoisotopic (exact) mass is 516 g/mol. The molecule has 188 valence electrons. The van der Waals surface area contributed by atoms with Crippen molar-refractivity contribution in [2.45, 2.75) is 25.3 Å². The molecule has 1 fully saturated rings. The molecule has 1 aliphatic heterocycles. The molecule has 3 heterocycles. The van der Waals surface area contributed by atoms with Crippen LogP contribution in [0, 0.1) is 0 Å². The number of benzene rings is 1. The molecule has 1 unspecified atom stereocenters. The first-order valence-corrected chi connectivity index (χ1v) is 11.4. The van der Waals surface area contributed by atoms with Gasteiger partial charge in [0.25, 0.3) is 12.3 Å². The Kier molecular flexibility index (Phi) is 7.49. The number of piperidine rings is 1. The Hall–Kier alpha value is -3.99. The van der Waals surface area contributed by atoms with Crippen molar-refractivity contribution in [2.24, 2.45) is 5.73 Å². The molecule has 0 saturated carbocycles. The summed E-state index contributed by atoms with van der Waals surface area (Å²) in [5.74, 6) is -0.335. The van der Waals surface area contributed by atoms with Gasteiger partial charge in [0.05, 0.1) is 11.1 Å². The highest BCUT2D eigenvalue weighted by Gasteiger charge is 2.29. The summed E-state index contributed by atoms with van der Waals surface area (Å²) in [5.41, 5.74) is 12.8. The molecule has 36 heavy (non-hydrogen) atoms. The van der Waals surface area contributed by atoms with E-state index < -0.39 is 18.2 Å². The van der Waals surface area contributed by atoms with Crippen LogP contribution in [-0.2, 0) is 4.79 Å². The van der Waals surface area contributed by atoms with Crippen LogP contribution in [0.15, 0.2) is 54.7 Å². The maximum absolute atomic E-state index is 12.4. The van der Waals surface area contributed by atoms with Gasteiger partial charge in [-0.2, -0.15) is 5.10 Å². The van der Waals surface area contributed by atoms with Crippen molar-refractivity contribution in [1.29, 1.82) is 0 Å². The number of allylic oxidation sites excluding steroid dienone is 1. The van der Waals surface area contributed by atoms with Crippen LogP contribution >= 0.6 is 11.6 Å². The number of pyridine rings is 1. The van der Waals surface area contributed by atoms with Gasteiger partial charge in [-0.3, -0.25) is 9.59 Å². The second-order valence-electron chi connectivity index (χ2n) is 8.13. The molecule has 1 atom stereocenters. The van der Waals surface area contributed by atoms with Gasteiger partial charge in [0, 0.05) is 37.0 Å². The minimum absolute atomic E-state index is 0.0593. The molecule has 2 aromatic heterocycles. The molecule has 4 N–H and O–H groups in total. The van der Waals surface area contributed by atoms with Gasteiger partial charge in [0.1, 0.15) is 22.8 Å². The van der Waals surface area contributed by atoms with Gasteiger partial charge in [-0.15, -0.1) is 0 Å². The lowest BCUT2D eigenvalue weighted by Gasteiger charge is -2.32. The van der Waals surface area contributed by atoms with Gasteiger partial charge >= 0.3 is 0 Å². The minimum atomic E-state index is -2.71. The smallest absolute Gasteiger partial charge is 0.257 e. The van der Waals surface area contributed by atoms with Crippen LogP contribution in [0.5, 0.6) is 11.6 Å². The average Bonchev–Trinajstić information content (AvgIpc) is 3.21. The largest absolute Gasteiger partial charge is 0.439 e. The number of alkyl halides is 2. The summed E-state index contributed by atoms with van der Waals surface area (Å²) in [4.78, 5) is 30.1. The average molecular weight is 517 g/mol. The normalized spacial score (nSPS) is 16.0. The van der Waals surface area contributed by atoms with Crippen molar-refractivity contribution in [1.82, 2.24) is 19.7 Å². The van der Waals surface area contributed by atoms with Crippen molar-refractivity contribution in [2.75, 3.05) is 18.8 Å². The van der Waals surface area contributed by atoms with Crippen molar-refractivity contribution in [3.05, 3.63) is 65.3 Å². The van der Waals surface area contributed by atoms with Gasteiger partial charge < -0.3 is 21.1 Å². The fourth-order valence-electron chi connectivity index (χ4n) is 4.01. The lowest BCUT2D eigenvalue weighted by Crippen LogP contribution is -2.40. The van der Waals surface area contributed by atoms with E-state index in [1.54, 1.807) is 36.4 Å². The zero-order valence-corrected chi connectivity index (χ0v) is 19.7.